The molecule has 2 aliphatic carbocycles. The minimum Gasteiger partial charge on any atom is -0.299 e. The lowest BCUT2D eigenvalue weighted by molar-refractivity contribution is -0.123. The molecule has 0 heterocycles. The van der Waals surface area contributed by atoms with Crippen molar-refractivity contribution in [1.82, 2.24) is 0 Å². The molecule has 0 aromatic heterocycles. The number of carbonyl (C=O) groups excluding carboxylic acids is 1. The molecule has 0 N–H and O–H groups in total. The fraction of sp³-hybridized carbons (Fsp3) is 0.500. The van der Waals surface area contributed by atoms with Crippen molar-refractivity contribution in [2.24, 2.45) is 17.8 Å². The molecule has 3 heteroatoms. The molecule has 0 amide bonds. The topological polar surface area (TPSA) is 34.1 Å². The largest absolute Gasteiger partial charge is 0.299 e. The summed E-state index contributed by atoms with van der Waals surface area (Å²) in [7, 11) is -1.09. The van der Waals surface area contributed by atoms with E-state index in [-0.39, 0.29) is 11.2 Å². The van der Waals surface area contributed by atoms with Gasteiger partial charge in [-0.15, -0.1) is 0 Å². The number of carbonyl (C=O) groups is 1. The average molecular weight is 302 g/mol. The molecule has 0 spiro atoms. The van der Waals surface area contributed by atoms with Crippen LogP contribution < -0.4 is 0 Å². The maximum Gasteiger partial charge on any atom is 0.137 e. The summed E-state index contributed by atoms with van der Waals surface area (Å²) in [6.45, 7) is 4.06. The second-order valence-corrected chi connectivity index (χ2v) is 7.88. The van der Waals surface area contributed by atoms with Gasteiger partial charge in [-0.3, -0.25) is 9.00 Å². The first-order valence-corrected chi connectivity index (χ1v) is 9.01. The van der Waals surface area contributed by atoms with Gasteiger partial charge in [0.15, 0.2) is 0 Å². The zero-order valence-corrected chi connectivity index (χ0v) is 13.4. The summed E-state index contributed by atoms with van der Waals surface area (Å²) in [5.74, 6) is 0.887. The maximum absolute atomic E-state index is 13.0. The molecule has 1 saturated carbocycles. The van der Waals surface area contributed by atoms with Crippen LogP contribution in [0, 0.1) is 24.7 Å². The zero-order chi connectivity index (χ0) is 15.0. The summed E-state index contributed by atoms with van der Waals surface area (Å²) in [4.78, 5) is 13.3. The normalized spacial score (nSPS) is 31.5. The Hall–Kier alpha value is -1.22. The molecule has 112 valence electrons. The minimum atomic E-state index is -1.09. The van der Waals surface area contributed by atoms with Crippen LogP contribution in [0.15, 0.2) is 41.3 Å². The van der Waals surface area contributed by atoms with Crippen LogP contribution in [0.5, 0.6) is 0 Å². The fourth-order valence-corrected chi connectivity index (χ4v) is 5.59. The number of fused-ring (bicyclic) bond motifs is 2. The molecule has 1 aromatic rings. The molecule has 21 heavy (non-hydrogen) atoms. The number of Topliss-reactive ketones (excluding diaryl/α,β-unsaturated/α-hetero) is 1. The quantitative estimate of drug-likeness (QED) is 0.778. The minimum absolute atomic E-state index is 0.0262. The van der Waals surface area contributed by atoms with Crippen molar-refractivity contribution in [3.63, 3.8) is 0 Å². The van der Waals surface area contributed by atoms with Gasteiger partial charge in [-0.2, -0.15) is 0 Å². The summed E-state index contributed by atoms with van der Waals surface area (Å²) >= 11 is 0. The van der Waals surface area contributed by atoms with Gasteiger partial charge in [-0.25, -0.2) is 0 Å². The van der Waals surface area contributed by atoms with E-state index in [0.717, 1.165) is 17.7 Å². The molecular weight excluding hydrogens is 280 g/mol. The van der Waals surface area contributed by atoms with Gasteiger partial charge < -0.3 is 0 Å². The first-order chi connectivity index (χ1) is 10.1. The van der Waals surface area contributed by atoms with Crippen molar-refractivity contribution in [3.05, 3.63) is 42.0 Å². The molecule has 3 rings (SSSR count). The number of hydrogen-bond acceptors (Lipinski definition) is 2. The number of aryl methyl sites for hydroxylation is 1. The second kappa shape index (κ2) is 5.88. The van der Waals surface area contributed by atoms with Crippen molar-refractivity contribution in [1.29, 1.82) is 0 Å². The Morgan fingerprint density at radius 2 is 1.86 bits per heavy atom. The Kier molecular flexibility index (Phi) is 4.12. The number of rotatable bonds is 5. The van der Waals surface area contributed by atoms with E-state index in [1.165, 1.54) is 5.56 Å². The summed E-state index contributed by atoms with van der Waals surface area (Å²) < 4.78 is 13.0. The van der Waals surface area contributed by atoms with Gasteiger partial charge in [-0.05, 0) is 43.7 Å². The first kappa shape index (κ1) is 14.7. The van der Waals surface area contributed by atoms with Crippen molar-refractivity contribution in [3.8, 4) is 0 Å². The third-order valence-electron chi connectivity index (χ3n) is 4.76. The Morgan fingerprint density at radius 1 is 1.19 bits per heavy atom. The Labute approximate surface area is 129 Å². The second-order valence-electron chi connectivity index (χ2n) is 6.27. The van der Waals surface area contributed by atoms with Crippen LogP contribution in [-0.4, -0.2) is 15.2 Å². The van der Waals surface area contributed by atoms with Crippen LogP contribution in [-0.2, 0) is 15.6 Å². The van der Waals surface area contributed by atoms with Gasteiger partial charge >= 0.3 is 0 Å². The first-order valence-electron chi connectivity index (χ1n) is 7.80. The Balaban J connectivity index is 1.88. The molecule has 0 unspecified atom stereocenters. The molecule has 1 aromatic carbocycles. The van der Waals surface area contributed by atoms with Crippen molar-refractivity contribution < 1.29 is 9.00 Å². The molecular formula is C18H22O2S. The van der Waals surface area contributed by atoms with Gasteiger partial charge in [-0.1, -0.05) is 36.8 Å². The van der Waals surface area contributed by atoms with Gasteiger partial charge in [0.1, 0.15) is 5.78 Å². The van der Waals surface area contributed by atoms with E-state index >= 15 is 0 Å². The lowest BCUT2D eigenvalue weighted by atomic mass is 9.87. The van der Waals surface area contributed by atoms with Crippen LogP contribution in [0.3, 0.4) is 0 Å². The van der Waals surface area contributed by atoms with E-state index in [1.807, 2.05) is 38.1 Å². The molecule has 0 aliphatic heterocycles. The molecule has 5 atom stereocenters. The van der Waals surface area contributed by atoms with Crippen LogP contribution in [0.25, 0.3) is 0 Å². The number of benzene rings is 1. The molecule has 1 fully saturated rings. The van der Waals surface area contributed by atoms with Crippen molar-refractivity contribution in [2.45, 2.75) is 43.3 Å². The van der Waals surface area contributed by atoms with Gasteiger partial charge in [0.05, 0.1) is 16.0 Å². The fourth-order valence-electron chi connectivity index (χ4n) is 3.73. The SMILES string of the molecule is CCCC(=O)[C@H]1[C@H]([S@@](=O)c2ccc(C)cc2)[C@@H]2C=C[C@H]1C2. The lowest BCUT2D eigenvalue weighted by Gasteiger charge is -2.26. The highest BCUT2D eigenvalue weighted by Crippen LogP contribution is 2.48. The van der Waals surface area contributed by atoms with Crippen LogP contribution in [0.1, 0.15) is 31.7 Å². The highest BCUT2D eigenvalue weighted by molar-refractivity contribution is 7.85. The van der Waals surface area contributed by atoms with Crippen LogP contribution >= 0.6 is 0 Å². The van der Waals surface area contributed by atoms with Crippen LogP contribution in [0.2, 0.25) is 0 Å². The number of ketones is 1. The standard InChI is InChI=1S/C18H22O2S/c1-3-4-16(19)17-13-7-8-14(11-13)18(17)21(20)15-9-5-12(2)6-10-15/h5-10,13-14,17-18H,3-4,11H2,1-2H3/t13-,14+,17-,18+,21-/m0/s1. The van der Waals surface area contributed by atoms with E-state index in [4.69, 9.17) is 0 Å². The van der Waals surface area contributed by atoms with Gasteiger partial charge in [0.2, 0.25) is 0 Å². The Bertz CT molecular complexity index is 588. The smallest absolute Gasteiger partial charge is 0.137 e. The van der Waals surface area contributed by atoms with Gasteiger partial charge in [0.25, 0.3) is 0 Å². The van der Waals surface area contributed by atoms with E-state index in [9.17, 15) is 9.00 Å². The highest BCUT2D eigenvalue weighted by Gasteiger charge is 2.50. The number of hydrogen-bond donors (Lipinski definition) is 0. The predicted octanol–water partition coefficient (Wildman–Crippen LogP) is 3.66. The molecule has 0 radical (unpaired) electrons. The summed E-state index contributed by atoms with van der Waals surface area (Å²) in [5.41, 5.74) is 1.17. The monoisotopic (exact) mass is 302 g/mol. The van der Waals surface area contributed by atoms with E-state index in [2.05, 4.69) is 12.2 Å². The average Bonchev–Trinajstić information content (AvgIpc) is 3.08. The van der Waals surface area contributed by atoms with Crippen LogP contribution in [0.4, 0.5) is 0 Å². The van der Waals surface area contributed by atoms with E-state index in [0.29, 0.717) is 24.0 Å². The maximum atomic E-state index is 13.0. The third kappa shape index (κ3) is 2.64. The van der Waals surface area contributed by atoms with E-state index in [1.54, 1.807) is 0 Å². The summed E-state index contributed by atoms with van der Waals surface area (Å²) in [6, 6.07) is 7.89. The summed E-state index contributed by atoms with van der Waals surface area (Å²) in [5, 5.41) is -0.0262. The van der Waals surface area contributed by atoms with Crippen molar-refractivity contribution >= 4 is 16.6 Å². The zero-order valence-electron chi connectivity index (χ0n) is 12.6. The van der Waals surface area contributed by atoms with E-state index < -0.39 is 10.8 Å². The predicted molar refractivity (Wildman–Crippen MR) is 85.5 cm³/mol. The third-order valence-corrected chi connectivity index (χ3v) is 6.63. The molecule has 2 nitrogen and oxygen atoms in total. The highest BCUT2D eigenvalue weighted by atomic mass is 32.2. The van der Waals surface area contributed by atoms with Crippen molar-refractivity contribution in [2.75, 3.05) is 0 Å². The number of allylic oxidation sites excluding steroid dienone is 2. The molecule has 2 aliphatic rings. The summed E-state index contributed by atoms with van der Waals surface area (Å²) in [6.07, 6.45) is 6.84. The Morgan fingerprint density at radius 3 is 2.52 bits per heavy atom. The van der Waals surface area contributed by atoms with Gasteiger partial charge in [0, 0.05) is 17.2 Å². The molecule has 0 saturated heterocycles. The lowest BCUT2D eigenvalue weighted by Crippen LogP contribution is -2.35. The molecule has 2 bridgehead atoms.